The predicted molar refractivity (Wildman–Crippen MR) is 117 cm³/mol. The maximum atomic E-state index is 13.6. The number of halogens is 2. The van der Waals surface area contributed by atoms with Crippen LogP contribution in [0.2, 0.25) is 0 Å². The van der Waals surface area contributed by atoms with Gasteiger partial charge in [-0.3, -0.25) is 14.6 Å². The molecule has 1 amide bonds. The van der Waals surface area contributed by atoms with Gasteiger partial charge in [0.25, 0.3) is 5.91 Å². The molecule has 0 unspecified atom stereocenters. The Morgan fingerprint density at radius 3 is 2.53 bits per heavy atom. The number of carbonyl (C=O) groups is 1. The van der Waals surface area contributed by atoms with Crippen molar-refractivity contribution in [2.24, 2.45) is 0 Å². The quantitative estimate of drug-likeness (QED) is 0.452. The van der Waals surface area contributed by atoms with Crippen molar-refractivity contribution in [3.8, 4) is 16.9 Å². The monoisotopic (exact) mass is 439 g/mol. The first-order valence-electron chi connectivity index (χ1n) is 10.1. The minimum atomic E-state index is -3.48. The highest BCUT2D eigenvalue weighted by atomic mass is 19.3. The zero-order valence-electron chi connectivity index (χ0n) is 17.8. The van der Waals surface area contributed by atoms with Crippen LogP contribution in [0.5, 0.6) is 5.75 Å². The number of H-pyrrole nitrogens is 1. The average Bonchev–Trinajstić information content (AvgIpc) is 3.44. The standard InChI is InChI=1S/C23H23F2N5O2/c1-14(29-22(31)23(2,24)25)21(15-4-7-19(32-3)8-5-15)30-20-9-6-16(10-17(20)13-28-30)18-11-26-27-12-18/h4-14,21H,1-3H3,(H,26,27)(H,29,31)/t14-,21-/m0/s1. The molecule has 0 saturated carbocycles. The summed E-state index contributed by atoms with van der Waals surface area (Å²) < 4.78 is 34.1. The van der Waals surface area contributed by atoms with Crippen molar-refractivity contribution >= 4 is 16.8 Å². The number of alkyl halides is 2. The van der Waals surface area contributed by atoms with Crippen molar-refractivity contribution in [1.82, 2.24) is 25.3 Å². The van der Waals surface area contributed by atoms with E-state index in [1.807, 2.05) is 30.3 Å². The molecule has 0 spiro atoms. The fourth-order valence-corrected chi connectivity index (χ4v) is 3.72. The van der Waals surface area contributed by atoms with Gasteiger partial charge in [0.15, 0.2) is 0 Å². The summed E-state index contributed by atoms with van der Waals surface area (Å²) in [5.74, 6) is -4.15. The molecule has 4 rings (SSSR count). The lowest BCUT2D eigenvalue weighted by atomic mass is 9.99. The van der Waals surface area contributed by atoms with Crippen molar-refractivity contribution < 1.29 is 18.3 Å². The average molecular weight is 439 g/mol. The van der Waals surface area contributed by atoms with E-state index in [9.17, 15) is 13.6 Å². The maximum Gasteiger partial charge on any atom is 0.321 e. The van der Waals surface area contributed by atoms with E-state index >= 15 is 0 Å². The van der Waals surface area contributed by atoms with Crippen molar-refractivity contribution in [2.45, 2.75) is 31.9 Å². The van der Waals surface area contributed by atoms with Gasteiger partial charge in [0.1, 0.15) is 5.75 Å². The molecule has 2 heterocycles. The van der Waals surface area contributed by atoms with Gasteiger partial charge in [-0.15, -0.1) is 0 Å². The number of nitrogens with one attached hydrogen (secondary N) is 2. The van der Waals surface area contributed by atoms with Crippen LogP contribution in [-0.2, 0) is 4.79 Å². The lowest BCUT2D eigenvalue weighted by molar-refractivity contribution is -0.143. The summed E-state index contributed by atoms with van der Waals surface area (Å²) in [7, 11) is 1.57. The summed E-state index contributed by atoms with van der Waals surface area (Å²) in [6.07, 6.45) is 5.25. The lowest BCUT2D eigenvalue weighted by Crippen LogP contribution is -2.46. The van der Waals surface area contributed by atoms with Gasteiger partial charge in [-0.25, -0.2) is 0 Å². The fraction of sp³-hybridized carbons (Fsp3) is 0.261. The number of amides is 1. The van der Waals surface area contributed by atoms with E-state index < -0.39 is 23.9 Å². The normalized spacial score (nSPS) is 13.7. The summed E-state index contributed by atoms with van der Waals surface area (Å²) >= 11 is 0. The third-order valence-corrected chi connectivity index (χ3v) is 5.38. The number of carbonyl (C=O) groups excluding carboxylic acids is 1. The molecular formula is C23H23F2N5O2. The van der Waals surface area contributed by atoms with Crippen LogP contribution >= 0.6 is 0 Å². The van der Waals surface area contributed by atoms with Gasteiger partial charge in [-0.1, -0.05) is 18.2 Å². The van der Waals surface area contributed by atoms with Crippen molar-refractivity contribution in [2.75, 3.05) is 7.11 Å². The Morgan fingerprint density at radius 1 is 1.16 bits per heavy atom. The number of aromatic nitrogens is 4. The minimum absolute atomic E-state index is 0.524. The highest BCUT2D eigenvalue weighted by Crippen LogP contribution is 2.30. The molecule has 0 aliphatic carbocycles. The maximum absolute atomic E-state index is 13.6. The summed E-state index contributed by atoms with van der Waals surface area (Å²) in [4.78, 5) is 12.0. The molecule has 2 aromatic heterocycles. The van der Waals surface area contributed by atoms with Crippen LogP contribution in [-0.4, -0.2) is 45.0 Å². The largest absolute Gasteiger partial charge is 0.497 e. The van der Waals surface area contributed by atoms with Crippen molar-refractivity contribution in [3.63, 3.8) is 0 Å². The van der Waals surface area contributed by atoms with Crippen molar-refractivity contribution in [1.29, 1.82) is 0 Å². The smallest absolute Gasteiger partial charge is 0.321 e. The predicted octanol–water partition coefficient (Wildman–Crippen LogP) is 4.18. The minimum Gasteiger partial charge on any atom is -0.497 e. The molecule has 0 aliphatic heterocycles. The van der Waals surface area contributed by atoms with Crippen LogP contribution in [0.1, 0.15) is 25.5 Å². The van der Waals surface area contributed by atoms with Gasteiger partial charge >= 0.3 is 5.92 Å². The van der Waals surface area contributed by atoms with Gasteiger partial charge < -0.3 is 10.1 Å². The highest BCUT2D eigenvalue weighted by Gasteiger charge is 2.35. The van der Waals surface area contributed by atoms with E-state index in [0.717, 1.165) is 27.6 Å². The van der Waals surface area contributed by atoms with E-state index in [1.54, 1.807) is 49.4 Å². The summed E-state index contributed by atoms with van der Waals surface area (Å²) in [5, 5.41) is 14.6. The molecule has 0 radical (unpaired) electrons. The van der Waals surface area contributed by atoms with E-state index in [2.05, 4.69) is 20.6 Å². The molecule has 7 nitrogen and oxygen atoms in total. The number of fused-ring (bicyclic) bond motifs is 1. The van der Waals surface area contributed by atoms with Crippen LogP contribution < -0.4 is 10.1 Å². The number of benzene rings is 2. The zero-order valence-corrected chi connectivity index (χ0v) is 17.8. The number of rotatable bonds is 7. The Balaban J connectivity index is 1.76. The van der Waals surface area contributed by atoms with Gasteiger partial charge in [0, 0.05) is 24.1 Å². The topological polar surface area (TPSA) is 84.8 Å². The molecule has 2 aromatic carbocycles. The highest BCUT2D eigenvalue weighted by molar-refractivity contribution is 5.85. The number of ether oxygens (including phenoxy) is 1. The summed E-state index contributed by atoms with van der Waals surface area (Å²) in [6.45, 7) is 2.27. The van der Waals surface area contributed by atoms with Crippen LogP contribution in [0.4, 0.5) is 8.78 Å². The first-order chi connectivity index (χ1) is 15.3. The second-order valence-corrected chi connectivity index (χ2v) is 7.72. The lowest BCUT2D eigenvalue weighted by Gasteiger charge is -2.27. The second kappa shape index (κ2) is 8.41. The Bertz CT molecular complexity index is 1210. The molecule has 2 atom stereocenters. The Kier molecular flexibility index (Phi) is 5.65. The van der Waals surface area contributed by atoms with E-state index in [4.69, 9.17) is 4.74 Å². The first kappa shape index (κ1) is 21.5. The van der Waals surface area contributed by atoms with Gasteiger partial charge in [-0.2, -0.15) is 19.0 Å². The molecule has 4 aromatic rings. The fourth-order valence-electron chi connectivity index (χ4n) is 3.72. The molecule has 2 N–H and O–H groups in total. The molecule has 0 saturated heterocycles. The van der Waals surface area contributed by atoms with Gasteiger partial charge in [0.05, 0.1) is 37.1 Å². The first-order valence-corrected chi connectivity index (χ1v) is 10.1. The molecule has 9 heteroatoms. The number of hydrogen-bond acceptors (Lipinski definition) is 4. The Hall–Kier alpha value is -3.75. The van der Waals surface area contributed by atoms with Crippen LogP contribution in [0.15, 0.2) is 61.1 Å². The Morgan fingerprint density at radius 2 is 1.91 bits per heavy atom. The van der Waals surface area contributed by atoms with Gasteiger partial charge in [0.2, 0.25) is 0 Å². The van der Waals surface area contributed by atoms with Crippen LogP contribution in [0, 0.1) is 0 Å². The molecule has 166 valence electrons. The number of methoxy groups -OCH3 is 1. The number of aromatic amines is 1. The summed E-state index contributed by atoms with van der Waals surface area (Å²) in [6, 6.07) is 11.9. The number of hydrogen-bond donors (Lipinski definition) is 2. The SMILES string of the molecule is COc1ccc([C@H]([C@H](C)NC(=O)C(C)(F)F)n2ncc3cc(-c4cn[nH]c4)ccc32)cc1. The third-order valence-electron chi connectivity index (χ3n) is 5.38. The second-order valence-electron chi connectivity index (χ2n) is 7.72. The number of nitrogens with zero attached hydrogens (tertiary/aromatic N) is 3. The molecule has 0 bridgehead atoms. The Labute approximate surface area is 183 Å². The van der Waals surface area contributed by atoms with E-state index in [1.165, 1.54) is 0 Å². The van der Waals surface area contributed by atoms with E-state index in [0.29, 0.717) is 12.7 Å². The van der Waals surface area contributed by atoms with Crippen LogP contribution in [0.25, 0.3) is 22.0 Å². The third kappa shape index (κ3) is 4.18. The van der Waals surface area contributed by atoms with Crippen molar-refractivity contribution in [3.05, 3.63) is 66.6 Å². The molecular weight excluding hydrogens is 416 g/mol. The van der Waals surface area contributed by atoms with Crippen LogP contribution in [0.3, 0.4) is 0 Å². The van der Waals surface area contributed by atoms with Gasteiger partial charge in [-0.05, 0) is 42.3 Å². The van der Waals surface area contributed by atoms with E-state index in [-0.39, 0.29) is 0 Å². The summed E-state index contributed by atoms with van der Waals surface area (Å²) in [5.41, 5.74) is 3.51. The molecule has 0 fully saturated rings. The molecule has 0 aliphatic rings. The zero-order chi connectivity index (χ0) is 22.9. The molecule has 32 heavy (non-hydrogen) atoms.